The molecule has 74 valence electrons. The van der Waals surface area contributed by atoms with Crippen LogP contribution in [0.3, 0.4) is 0 Å². The van der Waals surface area contributed by atoms with Gasteiger partial charge in [0.2, 0.25) is 11.2 Å². The molecule has 0 aliphatic heterocycles. The number of hydrogen-bond acceptors (Lipinski definition) is 3. The van der Waals surface area contributed by atoms with Crippen molar-refractivity contribution in [1.29, 1.82) is 0 Å². The van der Waals surface area contributed by atoms with E-state index in [4.69, 9.17) is 11.6 Å². The number of fused-ring (bicyclic) bond motifs is 1. The van der Waals surface area contributed by atoms with Gasteiger partial charge in [-0.3, -0.25) is 0 Å². The zero-order chi connectivity index (χ0) is 10.3. The molecular weight excluding hydrogens is 207 g/mol. The molecule has 0 aromatic carbocycles. The van der Waals surface area contributed by atoms with E-state index in [2.05, 4.69) is 15.1 Å². The molecule has 0 aliphatic carbocycles. The van der Waals surface area contributed by atoms with Crippen molar-refractivity contribution in [3.8, 4) is 0 Å². The monoisotopic (exact) mass is 214 g/mol. The van der Waals surface area contributed by atoms with E-state index in [1.54, 1.807) is 0 Å². The van der Waals surface area contributed by atoms with Gasteiger partial charge < -0.3 is 0 Å². The van der Waals surface area contributed by atoms with Gasteiger partial charge in [-0.05, 0) is 11.6 Å². The molecule has 0 aliphatic rings. The summed E-state index contributed by atoms with van der Waals surface area (Å²) in [6.45, 7) is 3.81. The highest BCUT2D eigenvalue weighted by Gasteiger charge is 2.14. The van der Waals surface area contributed by atoms with E-state index in [1.807, 2.05) is 13.8 Å². The Labute approximate surface area is 84.7 Å². The molecule has 4 nitrogen and oxygen atoms in total. The zero-order valence-electron chi connectivity index (χ0n) is 7.70. The lowest BCUT2D eigenvalue weighted by molar-refractivity contribution is 0.592. The van der Waals surface area contributed by atoms with Crippen LogP contribution in [0.2, 0.25) is 5.28 Å². The fourth-order valence-electron chi connectivity index (χ4n) is 1.23. The van der Waals surface area contributed by atoms with Gasteiger partial charge in [0.05, 0.1) is 6.20 Å². The van der Waals surface area contributed by atoms with Crippen LogP contribution in [-0.2, 0) is 0 Å². The molecule has 2 heterocycles. The predicted molar refractivity (Wildman–Crippen MR) is 49.8 cm³/mol. The molecule has 0 spiro atoms. The zero-order valence-corrected chi connectivity index (χ0v) is 8.46. The van der Waals surface area contributed by atoms with E-state index in [0.717, 1.165) is 0 Å². The summed E-state index contributed by atoms with van der Waals surface area (Å²) in [5.74, 6) is 0.0603. The first-order valence-electron chi connectivity index (χ1n) is 4.16. The molecular formula is C8H8ClFN4. The van der Waals surface area contributed by atoms with Crippen LogP contribution in [0.5, 0.6) is 0 Å². The second-order valence-electron chi connectivity index (χ2n) is 3.24. The largest absolute Gasteiger partial charge is 0.242 e. The van der Waals surface area contributed by atoms with Crippen molar-refractivity contribution in [1.82, 2.24) is 19.6 Å². The lowest BCUT2D eigenvalue weighted by Gasteiger charge is -2.01. The maximum atomic E-state index is 13.2. The minimum Gasteiger partial charge on any atom is -0.223 e. The van der Waals surface area contributed by atoms with Crippen molar-refractivity contribution in [2.45, 2.75) is 19.8 Å². The molecule has 0 bridgehead atoms. The highest BCUT2D eigenvalue weighted by molar-refractivity contribution is 6.28. The number of nitrogens with zero attached hydrogens (tertiary/aromatic N) is 4. The van der Waals surface area contributed by atoms with E-state index in [0.29, 0.717) is 5.82 Å². The Morgan fingerprint density at radius 1 is 1.50 bits per heavy atom. The van der Waals surface area contributed by atoms with Gasteiger partial charge in [0.1, 0.15) is 11.3 Å². The highest BCUT2D eigenvalue weighted by Crippen LogP contribution is 2.17. The Morgan fingerprint density at radius 2 is 2.21 bits per heavy atom. The molecule has 0 radical (unpaired) electrons. The van der Waals surface area contributed by atoms with Crippen molar-refractivity contribution in [3.05, 3.63) is 23.3 Å². The van der Waals surface area contributed by atoms with Crippen LogP contribution in [0.25, 0.3) is 5.52 Å². The average molecular weight is 215 g/mol. The molecule has 0 unspecified atom stereocenters. The van der Waals surface area contributed by atoms with Crippen molar-refractivity contribution < 1.29 is 4.39 Å². The van der Waals surface area contributed by atoms with E-state index in [-0.39, 0.29) is 16.7 Å². The lowest BCUT2D eigenvalue weighted by atomic mass is 10.2. The summed E-state index contributed by atoms with van der Waals surface area (Å²) >= 11 is 5.61. The second-order valence-corrected chi connectivity index (χ2v) is 3.58. The average Bonchev–Trinajstić information content (AvgIpc) is 2.43. The fraction of sp³-hybridized carbons (Fsp3) is 0.375. The SMILES string of the molecule is CC(C)c1nc(F)c2cnc(Cl)nn12. The molecule has 0 fully saturated rings. The maximum Gasteiger partial charge on any atom is 0.242 e. The summed E-state index contributed by atoms with van der Waals surface area (Å²) < 4.78 is 14.6. The minimum absolute atomic E-state index is 0.0804. The standard InChI is InChI=1S/C8H8ClFN4/c1-4(2)7-12-6(10)5-3-11-8(9)13-14(5)7/h3-4H,1-2H3. The summed E-state index contributed by atoms with van der Waals surface area (Å²) in [6.07, 6.45) is 1.32. The molecule has 2 rings (SSSR count). The summed E-state index contributed by atoms with van der Waals surface area (Å²) in [7, 11) is 0. The van der Waals surface area contributed by atoms with E-state index >= 15 is 0 Å². The molecule has 0 saturated heterocycles. The molecule has 2 aromatic rings. The van der Waals surface area contributed by atoms with Crippen molar-refractivity contribution in [2.75, 3.05) is 0 Å². The van der Waals surface area contributed by atoms with Gasteiger partial charge in [-0.2, -0.15) is 4.39 Å². The number of halogens is 2. The van der Waals surface area contributed by atoms with Crippen molar-refractivity contribution in [3.63, 3.8) is 0 Å². The Bertz CT molecular complexity index is 479. The summed E-state index contributed by atoms with van der Waals surface area (Å²) in [4.78, 5) is 7.46. The summed E-state index contributed by atoms with van der Waals surface area (Å²) in [6, 6.07) is 0. The van der Waals surface area contributed by atoms with Gasteiger partial charge >= 0.3 is 0 Å². The molecule has 0 atom stereocenters. The number of hydrogen-bond donors (Lipinski definition) is 0. The predicted octanol–water partition coefficient (Wildman–Crippen LogP) is 2.04. The Balaban J connectivity index is 2.79. The number of imidazole rings is 1. The third kappa shape index (κ3) is 1.33. The van der Waals surface area contributed by atoms with Crippen LogP contribution in [0.4, 0.5) is 4.39 Å². The third-order valence-corrected chi connectivity index (χ3v) is 2.03. The van der Waals surface area contributed by atoms with E-state index < -0.39 is 5.95 Å². The van der Waals surface area contributed by atoms with Crippen molar-refractivity contribution >= 4 is 17.1 Å². The van der Waals surface area contributed by atoms with Crippen LogP contribution in [0, 0.1) is 5.95 Å². The smallest absolute Gasteiger partial charge is 0.223 e. The molecule has 14 heavy (non-hydrogen) atoms. The molecule has 2 aromatic heterocycles. The fourth-order valence-corrected chi connectivity index (χ4v) is 1.35. The topological polar surface area (TPSA) is 43.1 Å². The van der Waals surface area contributed by atoms with Crippen LogP contribution in [0.1, 0.15) is 25.6 Å². The Hall–Kier alpha value is -1.23. The molecule has 0 N–H and O–H groups in total. The number of aromatic nitrogens is 4. The molecule has 6 heteroatoms. The highest BCUT2D eigenvalue weighted by atomic mass is 35.5. The first kappa shape index (κ1) is 9.33. The Morgan fingerprint density at radius 3 is 2.86 bits per heavy atom. The van der Waals surface area contributed by atoms with E-state index in [9.17, 15) is 4.39 Å². The van der Waals surface area contributed by atoms with E-state index in [1.165, 1.54) is 10.7 Å². The molecule has 0 saturated carbocycles. The first-order chi connectivity index (χ1) is 6.59. The molecule has 0 amide bonds. The minimum atomic E-state index is -0.564. The summed E-state index contributed by atoms with van der Waals surface area (Å²) in [5.41, 5.74) is 0.248. The Kier molecular flexibility index (Phi) is 2.11. The first-order valence-corrected chi connectivity index (χ1v) is 4.54. The lowest BCUT2D eigenvalue weighted by Crippen LogP contribution is -2.01. The summed E-state index contributed by atoms with van der Waals surface area (Å²) in [5, 5.41) is 3.97. The van der Waals surface area contributed by atoms with Gasteiger partial charge in [0, 0.05) is 5.92 Å². The van der Waals surface area contributed by atoms with Gasteiger partial charge in [0.25, 0.3) is 0 Å². The van der Waals surface area contributed by atoms with Gasteiger partial charge in [-0.25, -0.2) is 14.5 Å². The number of rotatable bonds is 1. The second kappa shape index (κ2) is 3.16. The third-order valence-electron chi connectivity index (χ3n) is 1.86. The normalized spacial score (nSPS) is 11.5. The maximum absolute atomic E-state index is 13.2. The quantitative estimate of drug-likeness (QED) is 0.730. The van der Waals surface area contributed by atoms with Crippen LogP contribution >= 0.6 is 11.6 Å². The van der Waals surface area contributed by atoms with Crippen LogP contribution < -0.4 is 0 Å². The van der Waals surface area contributed by atoms with Crippen LogP contribution in [0.15, 0.2) is 6.20 Å². The van der Waals surface area contributed by atoms with Gasteiger partial charge in [-0.15, -0.1) is 5.10 Å². The van der Waals surface area contributed by atoms with Gasteiger partial charge in [0.15, 0.2) is 0 Å². The van der Waals surface area contributed by atoms with Crippen LogP contribution in [-0.4, -0.2) is 19.6 Å². The van der Waals surface area contributed by atoms with Gasteiger partial charge in [-0.1, -0.05) is 13.8 Å². The van der Waals surface area contributed by atoms with Crippen molar-refractivity contribution in [2.24, 2.45) is 0 Å².